The summed E-state index contributed by atoms with van der Waals surface area (Å²) < 4.78 is 10.3. The summed E-state index contributed by atoms with van der Waals surface area (Å²) in [4.78, 5) is 14.4. The summed E-state index contributed by atoms with van der Waals surface area (Å²) >= 11 is 1.21. The molecule has 3 aromatic rings. The van der Waals surface area contributed by atoms with Gasteiger partial charge in [-0.2, -0.15) is 13.8 Å². The SMILES string of the molecule is CN(Cc1ccc2nsnc2c1)C(=O)Cn1nccc1[C@H]1CCCNC1. The van der Waals surface area contributed by atoms with Crippen molar-refractivity contribution in [3.63, 3.8) is 0 Å². The van der Waals surface area contributed by atoms with Crippen LogP contribution in [0.4, 0.5) is 0 Å². The number of nitrogens with one attached hydrogen (secondary N) is 1. The fourth-order valence-electron chi connectivity index (χ4n) is 3.46. The number of hydrogen-bond acceptors (Lipinski definition) is 6. The van der Waals surface area contributed by atoms with Crippen LogP contribution in [0.2, 0.25) is 0 Å². The lowest BCUT2D eigenvalue weighted by Crippen LogP contribution is -2.33. The van der Waals surface area contributed by atoms with E-state index in [1.807, 2.05) is 36.0 Å². The largest absolute Gasteiger partial charge is 0.340 e. The molecular formula is C18H22N6OS. The predicted octanol–water partition coefficient (Wildman–Crippen LogP) is 2.01. The van der Waals surface area contributed by atoms with Gasteiger partial charge in [0.05, 0.1) is 11.7 Å². The molecule has 1 amide bonds. The third kappa shape index (κ3) is 3.61. The fourth-order valence-corrected chi connectivity index (χ4v) is 3.98. The molecule has 1 fully saturated rings. The number of piperidine rings is 1. The van der Waals surface area contributed by atoms with Gasteiger partial charge in [-0.3, -0.25) is 9.48 Å². The fraction of sp³-hybridized carbons (Fsp3) is 0.444. The molecular weight excluding hydrogens is 348 g/mol. The van der Waals surface area contributed by atoms with E-state index in [2.05, 4.69) is 19.2 Å². The summed E-state index contributed by atoms with van der Waals surface area (Å²) in [6.07, 6.45) is 4.10. The van der Waals surface area contributed by atoms with Crippen molar-refractivity contribution in [3.8, 4) is 0 Å². The van der Waals surface area contributed by atoms with Crippen molar-refractivity contribution in [2.75, 3.05) is 20.1 Å². The molecule has 26 heavy (non-hydrogen) atoms. The Bertz CT molecular complexity index is 898. The molecule has 0 unspecified atom stereocenters. The Morgan fingerprint density at radius 2 is 2.23 bits per heavy atom. The number of carbonyl (C=O) groups is 1. The van der Waals surface area contributed by atoms with E-state index in [4.69, 9.17) is 0 Å². The van der Waals surface area contributed by atoms with E-state index >= 15 is 0 Å². The maximum absolute atomic E-state index is 12.7. The number of hydrogen-bond donors (Lipinski definition) is 1. The lowest BCUT2D eigenvalue weighted by Gasteiger charge is -2.24. The molecule has 0 bridgehead atoms. The van der Waals surface area contributed by atoms with Crippen LogP contribution in [0.1, 0.15) is 30.0 Å². The average Bonchev–Trinajstić information content (AvgIpc) is 3.31. The minimum absolute atomic E-state index is 0.0511. The van der Waals surface area contributed by atoms with Crippen LogP contribution in [0.5, 0.6) is 0 Å². The van der Waals surface area contributed by atoms with Gasteiger partial charge in [-0.05, 0) is 43.1 Å². The molecule has 1 atom stereocenters. The van der Waals surface area contributed by atoms with E-state index in [-0.39, 0.29) is 12.5 Å². The monoisotopic (exact) mass is 370 g/mol. The van der Waals surface area contributed by atoms with E-state index in [1.165, 1.54) is 11.7 Å². The average molecular weight is 370 g/mol. The van der Waals surface area contributed by atoms with E-state index in [9.17, 15) is 4.79 Å². The number of likely N-dealkylation sites (N-methyl/N-ethyl adjacent to an activating group) is 1. The third-order valence-electron chi connectivity index (χ3n) is 4.91. The number of aromatic nitrogens is 4. The Labute approximate surface area is 156 Å². The number of rotatable bonds is 5. The first-order chi connectivity index (χ1) is 12.7. The summed E-state index contributed by atoms with van der Waals surface area (Å²) in [6, 6.07) is 7.98. The molecule has 8 heteroatoms. The minimum Gasteiger partial charge on any atom is -0.340 e. The molecule has 0 spiro atoms. The second-order valence-electron chi connectivity index (χ2n) is 6.79. The molecule has 2 aromatic heterocycles. The van der Waals surface area contributed by atoms with Gasteiger partial charge in [0.1, 0.15) is 17.6 Å². The van der Waals surface area contributed by atoms with Gasteiger partial charge < -0.3 is 10.2 Å². The Balaban J connectivity index is 1.42. The highest BCUT2D eigenvalue weighted by molar-refractivity contribution is 7.00. The molecule has 0 aliphatic carbocycles. The van der Waals surface area contributed by atoms with Gasteiger partial charge in [0.15, 0.2) is 0 Å². The van der Waals surface area contributed by atoms with Crippen LogP contribution in [0.3, 0.4) is 0 Å². The first-order valence-corrected chi connectivity index (χ1v) is 9.61. The zero-order valence-electron chi connectivity index (χ0n) is 14.8. The molecule has 0 saturated carbocycles. The summed E-state index contributed by atoms with van der Waals surface area (Å²) in [5.74, 6) is 0.485. The Kier molecular flexibility index (Phi) is 4.94. The van der Waals surface area contributed by atoms with E-state index in [0.717, 1.165) is 48.2 Å². The lowest BCUT2D eigenvalue weighted by molar-refractivity contribution is -0.131. The first kappa shape index (κ1) is 17.1. The summed E-state index contributed by atoms with van der Waals surface area (Å²) in [6.45, 7) is 2.85. The second-order valence-corrected chi connectivity index (χ2v) is 7.32. The van der Waals surface area contributed by atoms with Gasteiger partial charge in [-0.15, -0.1) is 0 Å². The van der Waals surface area contributed by atoms with Crippen LogP contribution in [0.25, 0.3) is 11.0 Å². The number of benzene rings is 1. The van der Waals surface area contributed by atoms with Gasteiger partial charge in [0, 0.05) is 37.9 Å². The molecule has 1 aromatic carbocycles. The van der Waals surface area contributed by atoms with E-state index < -0.39 is 0 Å². The molecule has 1 saturated heterocycles. The number of nitrogens with zero attached hydrogens (tertiary/aromatic N) is 5. The van der Waals surface area contributed by atoms with Crippen molar-refractivity contribution >= 4 is 28.7 Å². The van der Waals surface area contributed by atoms with Crippen LogP contribution in [-0.4, -0.2) is 49.5 Å². The third-order valence-corrected chi connectivity index (χ3v) is 5.47. The maximum atomic E-state index is 12.7. The van der Waals surface area contributed by atoms with Gasteiger partial charge >= 0.3 is 0 Å². The molecule has 4 rings (SSSR count). The highest BCUT2D eigenvalue weighted by Crippen LogP contribution is 2.23. The van der Waals surface area contributed by atoms with Crippen molar-refractivity contribution in [3.05, 3.63) is 41.7 Å². The Morgan fingerprint density at radius 3 is 3.08 bits per heavy atom. The summed E-state index contributed by atoms with van der Waals surface area (Å²) in [5, 5.41) is 7.80. The van der Waals surface area contributed by atoms with E-state index in [0.29, 0.717) is 12.5 Å². The van der Waals surface area contributed by atoms with Crippen LogP contribution in [0, 0.1) is 0 Å². The van der Waals surface area contributed by atoms with Crippen LogP contribution < -0.4 is 5.32 Å². The van der Waals surface area contributed by atoms with Crippen molar-refractivity contribution in [2.24, 2.45) is 0 Å². The van der Waals surface area contributed by atoms with Crippen molar-refractivity contribution in [1.29, 1.82) is 0 Å². The van der Waals surface area contributed by atoms with Gasteiger partial charge in [-0.1, -0.05) is 6.07 Å². The second kappa shape index (κ2) is 7.51. The molecule has 1 aliphatic rings. The molecule has 1 aliphatic heterocycles. The number of fused-ring (bicyclic) bond motifs is 1. The molecule has 3 heterocycles. The standard InChI is InChI=1S/C18H22N6OS/c1-23(11-13-4-5-15-16(9-13)22-26-21-15)18(25)12-24-17(6-8-20-24)14-3-2-7-19-10-14/h4-6,8-9,14,19H,2-3,7,10-12H2,1H3/t14-/m0/s1. The predicted molar refractivity (Wildman–Crippen MR) is 101 cm³/mol. The summed E-state index contributed by atoms with van der Waals surface area (Å²) in [5.41, 5.74) is 3.98. The Hall–Kier alpha value is -2.32. The topological polar surface area (TPSA) is 75.9 Å². The molecule has 0 radical (unpaired) electrons. The Morgan fingerprint density at radius 1 is 1.35 bits per heavy atom. The smallest absolute Gasteiger partial charge is 0.244 e. The van der Waals surface area contributed by atoms with Crippen LogP contribution >= 0.6 is 11.7 Å². The zero-order valence-corrected chi connectivity index (χ0v) is 15.6. The van der Waals surface area contributed by atoms with Crippen molar-refractivity contribution in [2.45, 2.75) is 31.8 Å². The van der Waals surface area contributed by atoms with Crippen LogP contribution in [0.15, 0.2) is 30.5 Å². The maximum Gasteiger partial charge on any atom is 0.244 e. The van der Waals surface area contributed by atoms with Gasteiger partial charge in [-0.25, -0.2) is 0 Å². The van der Waals surface area contributed by atoms with E-state index in [1.54, 1.807) is 11.1 Å². The highest BCUT2D eigenvalue weighted by Gasteiger charge is 2.21. The first-order valence-electron chi connectivity index (χ1n) is 8.88. The lowest BCUT2D eigenvalue weighted by atomic mass is 9.96. The summed E-state index contributed by atoms with van der Waals surface area (Å²) in [7, 11) is 1.83. The quantitative estimate of drug-likeness (QED) is 0.744. The zero-order chi connectivity index (χ0) is 17.9. The molecule has 7 nitrogen and oxygen atoms in total. The molecule has 1 N–H and O–H groups in total. The number of amides is 1. The van der Waals surface area contributed by atoms with Crippen molar-refractivity contribution in [1.82, 2.24) is 28.7 Å². The van der Waals surface area contributed by atoms with Gasteiger partial charge in [0.2, 0.25) is 5.91 Å². The molecule has 136 valence electrons. The highest BCUT2D eigenvalue weighted by atomic mass is 32.1. The number of carbonyl (C=O) groups excluding carboxylic acids is 1. The van der Waals surface area contributed by atoms with Crippen molar-refractivity contribution < 1.29 is 4.79 Å². The van der Waals surface area contributed by atoms with Crippen LogP contribution in [-0.2, 0) is 17.9 Å². The van der Waals surface area contributed by atoms with Gasteiger partial charge in [0.25, 0.3) is 0 Å². The minimum atomic E-state index is 0.0511. The normalized spacial score (nSPS) is 17.5.